The fourth-order valence-corrected chi connectivity index (χ4v) is 2.20. The fraction of sp³-hybridized carbons (Fsp3) is 0.636. The summed E-state index contributed by atoms with van der Waals surface area (Å²) < 4.78 is 0. The van der Waals surface area contributed by atoms with Crippen LogP contribution < -0.4 is 16.6 Å². The Balaban J connectivity index is 2.00. The molecule has 6 heteroatoms. The Morgan fingerprint density at radius 1 is 1.35 bits per heavy atom. The maximum absolute atomic E-state index is 10.2. The van der Waals surface area contributed by atoms with Gasteiger partial charge >= 0.3 is 0 Å². The molecule has 1 aromatic heterocycles. The smallest absolute Gasteiger partial charge is 0.145 e. The lowest BCUT2D eigenvalue weighted by Crippen LogP contribution is -2.33. The molecule has 1 aromatic rings. The van der Waals surface area contributed by atoms with Crippen LogP contribution in [0.15, 0.2) is 6.07 Å². The zero-order valence-corrected chi connectivity index (χ0v) is 10.0. The van der Waals surface area contributed by atoms with E-state index in [0.717, 1.165) is 25.7 Å². The second kappa shape index (κ2) is 4.85. The van der Waals surface area contributed by atoms with Gasteiger partial charge in [-0.1, -0.05) is 12.8 Å². The van der Waals surface area contributed by atoms with Gasteiger partial charge in [0.25, 0.3) is 0 Å². The van der Waals surface area contributed by atoms with E-state index in [-0.39, 0.29) is 0 Å². The van der Waals surface area contributed by atoms with Gasteiger partial charge in [0.2, 0.25) is 0 Å². The van der Waals surface area contributed by atoms with Crippen LogP contribution in [0.2, 0.25) is 0 Å². The van der Waals surface area contributed by atoms with E-state index in [1.165, 1.54) is 0 Å². The molecular weight excluding hydrogens is 218 g/mol. The first-order chi connectivity index (χ1) is 8.11. The molecule has 1 saturated carbocycles. The molecule has 94 valence electrons. The van der Waals surface area contributed by atoms with Gasteiger partial charge in [-0.05, 0) is 19.8 Å². The minimum atomic E-state index is -0.588. The molecule has 0 saturated heterocycles. The first kappa shape index (κ1) is 12.1. The quantitative estimate of drug-likeness (QED) is 0.456. The average molecular weight is 237 g/mol. The van der Waals surface area contributed by atoms with E-state index in [1.54, 1.807) is 13.0 Å². The highest BCUT2D eigenvalue weighted by Gasteiger charge is 2.30. The molecule has 0 unspecified atom stereocenters. The number of nitrogens with two attached hydrogens (primary N) is 1. The van der Waals surface area contributed by atoms with Crippen LogP contribution in [0.4, 0.5) is 11.6 Å². The van der Waals surface area contributed by atoms with Gasteiger partial charge in [-0.2, -0.15) is 0 Å². The number of hydrazine groups is 1. The van der Waals surface area contributed by atoms with Crippen molar-refractivity contribution >= 4 is 11.6 Å². The van der Waals surface area contributed by atoms with E-state index < -0.39 is 5.60 Å². The van der Waals surface area contributed by atoms with Crippen molar-refractivity contribution in [2.75, 3.05) is 17.3 Å². The van der Waals surface area contributed by atoms with Crippen molar-refractivity contribution in [3.8, 4) is 0 Å². The van der Waals surface area contributed by atoms with Crippen molar-refractivity contribution in [2.24, 2.45) is 5.84 Å². The maximum atomic E-state index is 10.2. The first-order valence-corrected chi connectivity index (χ1v) is 5.90. The van der Waals surface area contributed by atoms with Gasteiger partial charge in [0.05, 0.1) is 5.60 Å². The lowest BCUT2D eigenvalue weighted by molar-refractivity contribution is 0.0614. The molecule has 0 aliphatic heterocycles. The number of aryl methyl sites for hydroxylation is 1. The summed E-state index contributed by atoms with van der Waals surface area (Å²) in [5.74, 6) is 7.21. The van der Waals surface area contributed by atoms with Gasteiger partial charge in [0.15, 0.2) is 0 Å². The van der Waals surface area contributed by atoms with Crippen molar-refractivity contribution in [1.29, 1.82) is 0 Å². The van der Waals surface area contributed by atoms with Crippen molar-refractivity contribution in [2.45, 2.75) is 38.2 Å². The third-order valence-corrected chi connectivity index (χ3v) is 3.12. The number of aromatic nitrogens is 2. The molecule has 1 aliphatic rings. The van der Waals surface area contributed by atoms with Crippen LogP contribution in [-0.4, -0.2) is 27.2 Å². The maximum Gasteiger partial charge on any atom is 0.145 e. The van der Waals surface area contributed by atoms with Gasteiger partial charge in [0, 0.05) is 12.6 Å². The van der Waals surface area contributed by atoms with E-state index in [2.05, 4.69) is 20.7 Å². The minimum absolute atomic E-state index is 0.521. The third kappa shape index (κ3) is 3.04. The lowest BCUT2D eigenvalue weighted by Gasteiger charge is -2.22. The van der Waals surface area contributed by atoms with Crippen molar-refractivity contribution < 1.29 is 5.11 Å². The second-order valence-corrected chi connectivity index (χ2v) is 4.61. The molecule has 1 fully saturated rings. The van der Waals surface area contributed by atoms with Crippen molar-refractivity contribution in [1.82, 2.24) is 9.97 Å². The van der Waals surface area contributed by atoms with Gasteiger partial charge in [-0.3, -0.25) is 0 Å². The molecule has 0 aromatic carbocycles. The van der Waals surface area contributed by atoms with Gasteiger partial charge in [0.1, 0.15) is 17.5 Å². The molecule has 0 amide bonds. The monoisotopic (exact) mass is 237 g/mol. The minimum Gasteiger partial charge on any atom is -0.388 e. The van der Waals surface area contributed by atoms with Crippen LogP contribution in [0.25, 0.3) is 0 Å². The Bertz CT molecular complexity index is 389. The summed E-state index contributed by atoms with van der Waals surface area (Å²) in [7, 11) is 0. The summed E-state index contributed by atoms with van der Waals surface area (Å²) in [4.78, 5) is 8.34. The van der Waals surface area contributed by atoms with Gasteiger partial charge in [-0.15, -0.1) is 0 Å². The predicted octanol–water partition coefficient (Wildman–Crippen LogP) is 0.788. The van der Waals surface area contributed by atoms with Crippen LogP contribution in [0.5, 0.6) is 0 Å². The van der Waals surface area contributed by atoms with E-state index in [0.29, 0.717) is 24.0 Å². The zero-order valence-electron chi connectivity index (χ0n) is 10.0. The van der Waals surface area contributed by atoms with Crippen LogP contribution in [0, 0.1) is 6.92 Å². The Kier molecular flexibility index (Phi) is 3.44. The number of nitrogens with zero attached hydrogens (tertiary/aromatic N) is 2. The summed E-state index contributed by atoms with van der Waals surface area (Å²) in [5.41, 5.74) is 1.90. The molecule has 1 heterocycles. The molecule has 0 atom stereocenters. The molecule has 17 heavy (non-hydrogen) atoms. The molecule has 0 radical (unpaired) electrons. The van der Waals surface area contributed by atoms with Crippen LogP contribution in [-0.2, 0) is 0 Å². The van der Waals surface area contributed by atoms with Gasteiger partial charge in [-0.25, -0.2) is 15.8 Å². The molecule has 6 nitrogen and oxygen atoms in total. The average Bonchev–Trinajstić information content (AvgIpc) is 2.73. The fourth-order valence-electron chi connectivity index (χ4n) is 2.20. The summed E-state index contributed by atoms with van der Waals surface area (Å²) in [6.45, 7) is 2.32. The Morgan fingerprint density at radius 3 is 2.65 bits per heavy atom. The highest BCUT2D eigenvalue weighted by atomic mass is 16.3. The highest BCUT2D eigenvalue weighted by molar-refractivity contribution is 5.46. The van der Waals surface area contributed by atoms with Crippen molar-refractivity contribution in [3.05, 3.63) is 11.9 Å². The first-order valence-electron chi connectivity index (χ1n) is 5.90. The lowest BCUT2D eigenvalue weighted by atomic mass is 10.0. The number of anilines is 2. The number of aliphatic hydroxyl groups is 1. The third-order valence-electron chi connectivity index (χ3n) is 3.12. The number of hydrogen-bond acceptors (Lipinski definition) is 6. The SMILES string of the molecule is Cc1nc(NN)cc(NCC2(O)CCCC2)n1. The van der Waals surface area contributed by atoms with Crippen LogP contribution in [0.1, 0.15) is 31.5 Å². The molecule has 2 rings (SSSR count). The standard InChI is InChI=1S/C11H19N5O/c1-8-14-9(6-10(15-8)16-12)13-7-11(17)4-2-3-5-11/h6,17H,2-5,7,12H2,1H3,(H2,13,14,15,16). The summed E-state index contributed by atoms with van der Waals surface area (Å²) in [6, 6.07) is 1.73. The summed E-state index contributed by atoms with van der Waals surface area (Å²) in [5, 5.41) is 13.3. The number of rotatable bonds is 4. The second-order valence-electron chi connectivity index (χ2n) is 4.61. The predicted molar refractivity (Wildman–Crippen MR) is 66.5 cm³/mol. The molecular formula is C11H19N5O. The summed E-state index contributed by atoms with van der Waals surface area (Å²) in [6.07, 6.45) is 3.89. The van der Waals surface area contributed by atoms with Crippen molar-refractivity contribution in [3.63, 3.8) is 0 Å². The van der Waals surface area contributed by atoms with E-state index in [9.17, 15) is 5.11 Å². The highest BCUT2D eigenvalue weighted by Crippen LogP contribution is 2.29. The van der Waals surface area contributed by atoms with E-state index in [1.807, 2.05) is 0 Å². The topological polar surface area (TPSA) is 96.1 Å². The number of nitrogen functional groups attached to an aromatic ring is 1. The summed E-state index contributed by atoms with van der Waals surface area (Å²) >= 11 is 0. The Labute approximate surface area is 101 Å². The Hall–Kier alpha value is -1.40. The molecule has 5 N–H and O–H groups in total. The molecule has 0 spiro atoms. The normalized spacial score (nSPS) is 18.1. The number of hydrogen-bond donors (Lipinski definition) is 4. The van der Waals surface area contributed by atoms with E-state index >= 15 is 0 Å². The zero-order chi connectivity index (χ0) is 12.3. The van der Waals surface area contributed by atoms with Gasteiger partial charge < -0.3 is 15.8 Å². The number of nitrogens with one attached hydrogen (secondary N) is 2. The molecule has 1 aliphatic carbocycles. The Morgan fingerprint density at radius 2 is 2.00 bits per heavy atom. The largest absolute Gasteiger partial charge is 0.388 e. The van der Waals surface area contributed by atoms with E-state index in [4.69, 9.17) is 5.84 Å². The van der Waals surface area contributed by atoms with Crippen LogP contribution >= 0.6 is 0 Å². The molecule has 0 bridgehead atoms. The van der Waals surface area contributed by atoms with Crippen LogP contribution in [0.3, 0.4) is 0 Å².